The van der Waals surface area contributed by atoms with Crippen molar-refractivity contribution in [3.63, 3.8) is 0 Å². The molecule has 1 aliphatic carbocycles. The summed E-state index contributed by atoms with van der Waals surface area (Å²) < 4.78 is 10.4. The van der Waals surface area contributed by atoms with Crippen LogP contribution in [0.3, 0.4) is 0 Å². The Kier molecular flexibility index (Phi) is 14.8. The van der Waals surface area contributed by atoms with Gasteiger partial charge in [-0.05, 0) is 64.7 Å². The topological polar surface area (TPSA) is 143 Å². The van der Waals surface area contributed by atoms with Gasteiger partial charge in [0.15, 0.2) is 0 Å². The van der Waals surface area contributed by atoms with Gasteiger partial charge in [0.2, 0.25) is 11.8 Å². The normalized spacial score (nSPS) is 18.3. The van der Waals surface area contributed by atoms with Gasteiger partial charge >= 0.3 is 12.1 Å². The first-order valence-corrected chi connectivity index (χ1v) is 14.6. The van der Waals surface area contributed by atoms with Gasteiger partial charge in [-0.3, -0.25) is 14.4 Å². The maximum absolute atomic E-state index is 13.6. The van der Waals surface area contributed by atoms with Crippen LogP contribution in [0.5, 0.6) is 0 Å². The molecule has 226 valence electrons. The highest BCUT2D eigenvalue weighted by atomic mass is 16.6. The highest BCUT2D eigenvalue weighted by Gasteiger charge is 2.37. The Balaban J connectivity index is 3.11. The van der Waals surface area contributed by atoms with Crippen molar-refractivity contribution in [1.82, 2.24) is 16.0 Å². The predicted octanol–water partition coefficient (Wildman–Crippen LogP) is 3.84. The lowest BCUT2D eigenvalue weighted by atomic mass is 9.83. The molecule has 10 heteroatoms. The lowest BCUT2D eigenvalue weighted by Crippen LogP contribution is -2.59. The third kappa shape index (κ3) is 13.0. The Labute approximate surface area is 234 Å². The molecular weight excluding hydrogens is 502 g/mol. The fraction of sp³-hybridized carbons (Fsp3) is 0.862. The van der Waals surface area contributed by atoms with Crippen LogP contribution in [0.1, 0.15) is 107 Å². The molecule has 0 radical (unpaired) electrons. The van der Waals surface area contributed by atoms with Crippen LogP contribution in [0.25, 0.3) is 0 Å². The zero-order valence-corrected chi connectivity index (χ0v) is 25.3. The zero-order valence-electron chi connectivity index (χ0n) is 25.3. The molecule has 0 saturated heterocycles. The predicted molar refractivity (Wildman–Crippen MR) is 150 cm³/mol. The molecular formula is C29H53N3O7. The molecule has 0 heterocycles. The number of aliphatic hydroxyl groups excluding tert-OH is 1. The third-order valence-corrected chi connectivity index (χ3v) is 7.07. The summed E-state index contributed by atoms with van der Waals surface area (Å²) in [5.74, 6) is -1.55. The van der Waals surface area contributed by atoms with Crippen molar-refractivity contribution < 1.29 is 33.8 Å². The second-order valence-electron chi connectivity index (χ2n) is 12.2. The van der Waals surface area contributed by atoms with E-state index < -0.39 is 53.7 Å². The van der Waals surface area contributed by atoms with Crippen LogP contribution in [0.15, 0.2) is 0 Å². The molecule has 5 atom stereocenters. The SMILES string of the molecule is CCOC(=O)CC(O)[C@H](CC(C)C)NC(=O)[C@@H](NC(=O)[C@@H](NC(=O)OC(C)(C)C)C1CCCCC1)C(C)CC. The maximum atomic E-state index is 13.6. The lowest BCUT2D eigenvalue weighted by molar-refractivity contribution is -0.146. The van der Waals surface area contributed by atoms with Crippen molar-refractivity contribution >= 4 is 23.9 Å². The van der Waals surface area contributed by atoms with Gasteiger partial charge in [0.1, 0.15) is 17.7 Å². The summed E-state index contributed by atoms with van der Waals surface area (Å²) in [7, 11) is 0. The molecule has 4 N–H and O–H groups in total. The number of carbonyl (C=O) groups excluding carboxylic acids is 4. The molecule has 0 spiro atoms. The van der Waals surface area contributed by atoms with Crippen LogP contribution in [0.2, 0.25) is 0 Å². The molecule has 1 rings (SSSR count). The number of ether oxygens (including phenoxy) is 2. The number of hydrogen-bond donors (Lipinski definition) is 4. The average molecular weight is 556 g/mol. The van der Waals surface area contributed by atoms with E-state index in [4.69, 9.17) is 9.47 Å². The second-order valence-corrected chi connectivity index (χ2v) is 12.2. The molecule has 39 heavy (non-hydrogen) atoms. The van der Waals surface area contributed by atoms with E-state index in [-0.39, 0.29) is 30.8 Å². The number of esters is 1. The van der Waals surface area contributed by atoms with Crippen molar-refractivity contribution in [2.24, 2.45) is 17.8 Å². The zero-order chi connectivity index (χ0) is 29.8. The van der Waals surface area contributed by atoms with Crippen molar-refractivity contribution in [3.8, 4) is 0 Å². The van der Waals surface area contributed by atoms with E-state index in [1.807, 2.05) is 27.7 Å². The standard InChI is InChI=1S/C29H53N3O7/c1-9-19(5)24(26(35)30-21(16-18(3)4)22(33)17-23(34)38-10-2)31-27(36)25(20-14-12-11-13-15-20)32-28(37)39-29(6,7)8/h18-22,24-25,33H,9-17H2,1-8H3,(H,30,35)(H,31,36)(H,32,37)/t19?,21-,22?,24-,25-/m0/s1. The first kappa shape index (κ1) is 34.7. The van der Waals surface area contributed by atoms with Gasteiger partial charge in [0.05, 0.1) is 25.2 Å². The van der Waals surface area contributed by atoms with Gasteiger partial charge in [-0.25, -0.2) is 4.79 Å². The molecule has 0 aliphatic heterocycles. The fourth-order valence-corrected chi connectivity index (χ4v) is 4.87. The van der Waals surface area contributed by atoms with E-state index in [0.717, 1.165) is 32.1 Å². The Morgan fingerprint density at radius 3 is 2.05 bits per heavy atom. The smallest absolute Gasteiger partial charge is 0.408 e. The highest BCUT2D eigenvalue weighted by Crippen LogP contribution is 2.27. The average Bonchev–Trinajstić information content (AvgIpc) is 2.84. The monoisotopic (exact) mass is 555 g/mol. The fourth-order valence-electron chi connectivity index (χ4n) is 4.87. The molecule has 0 bridgehead atoms. The summed E-state index contributed by atoms with van der Waals surface area (Å²) in [4.78, 5) is 51.7. The Bertz CT molecular complexity index is 790. The molecule has 1 fully saturated rings. The summed E-state index contributed by atoms with van der Waals surface area (Å²) in [6.45, 7) is 14.9. The van der Waals surface area contributed by atoms with Crippen LogP contribution in [-0.2, 0) is 23.9 Å². The van der Waals surface area contributed by atoms with E-state index in [1.165, 1.54) is 0 Å². The minimum Gasteiger partial charge on any atom is -0.466 e. The Morgan fingerprint density at radius 1 is 0.923 bits per heavy atom. The third-order valence-electron chi connectivity index (χ3n) is 7.07. The summed E-state index contributed by atoms with van der Waals surface area (Å²) in [5, 5.41) is 19.3. The summed E-state index contributed by atoms with van der Waals surface area (Å²) >= 11 is 0. The van der Waals surface area contributed by atoms with Crippen LogP contribution in [-0.4, -0.2) is 65.4 Å². The second kappa shape index (κ2) is 16.7. The van der Waals surface area contributed by atoms with Crippen LogP contribution in [0.4, 0.5) is 4.79 Å². The Hall–Kier alpha value is -2.36. The number of hydrogen-bond acceptors (Lipinski definition) is 7. The number of carbonyl (C=O) groups is 4. The number of amides is 3. The first-order valence-electron chi connectivity index (χ1n) is 14.6. The summed E-state index contributed by atoms with van der Waals surface area (Å²) in [6, 6.07) is -2.42. The van der Waals surface area contributed by atoms with Gasteiger partial charge in [0.25, 0.3) is 0 Å². The molecule has 10 nitrogen and oxygen atoms in total. The van der Waals surface area contributed by atoms with E-state index in [9.17, 15) is 24.3 Å². The molecule has 1 aliphatic rings. The van der Waals surface area contributed by atoms with Gasteiger partial charge in [-0.15, -0.1) is 0 Å². The number of nitrogens with one attached hydrogen (secondary N) is 3. The van der Waals surface area contributed by atoms with Crippen molar-refractivity contribution in [2.75, 3.05) is 6.61 Å². The van der Waals surface area contributed by atoms with Crippen molar-refractivity contribution in [2.45, 2.75) is 137 Å². The first-order chi connectivity index (χ1) is 18.2. The Morgan fingerprint density at radius 2 is 1.54 bits per heavy atom. The quantitative estimate of drug-likeness (QED) is 0.239. The highest BCUT2D eigenvalue weighted by molar-refractivity contribution is 5.91. The molecule has 0 aromatic carbocycles. The molecule has 2 unspecified atom stereocenters. The van der Waals surface area contributed by atoms with Gasteiger partial charge in [-0.2, -0.15) is 0 Å². The lowest BCUT2D eigenvalue weighted by Gasteiger charge is -2.34. The van der Waals surface area contributed by atoms with Crippen molar-refractivity contribution in [1.29, 1.82) is 0 Å². The number of alkyl carbamates (subject to hydrolysis) is 1. The minimum atomic E-state index is -1.13. The number of aliphatic hydroxyl groups is 1. The number of rotatable bonds is 14. The van der Waals surface area contributed by atoms with Crippen LogP contribution >= 0.6 is 0 Å². The van der Waals surface area contributed by atoms with Gasteiger partial charge < -0.3 is 30.5 Å². The molecule has 0 aromatic rings. The van der Waals surface area contributed by atoms with Gasteiger partial charge in [-0.1, -0.05) is 53.4 Å². The van der Waals surface area contributed by atoms with Gasteiger partial charge in [0, 0.05) is 0 Å². The van der Waals surface area contributed by atoms with Crippen LogP contribution in [0, 0.1) is 17.8 Å². The summed E-state index contributed by atoms with van der Waals surface area (Å²) in [5.41, 5.74) is -0.716. The maximum Gasteiger partial charge on any atom is 0.408 e. The molecule has 1 saturated carbocycles. The minimum absolute atomic E-state index is 0.0630. The van der Waals surface area contributed by atoms with E-state index in [0.29, 0.717) is 12.8 Å². The van der Waals surface area contributed by atoms with E-state index in [2.05, 4.69) is 16.0 Å². The molecule has 3 amide bonds. The summed E-state index contributed by atoms with van der Waals surface area (Å²) in [6.07, 6.45) is 3.63. The van der Waals surface area contributed by atoms with Crippen LogP contribution < -0.4 is 16.0 Å². The van der Waals surface area contributed by atoms with E-state index >= 15 is 0 Å². The molecule has 0 aromatic heterocycles. The van der Waals surface area contributed by atoms with Crippen molar-refractivity contribution in [3.05, 3.63) is 0 Å². The largest absolute Gasteiger partial charge is 0.466 e. The van der Waals surface area contributed by atoms with E-state index in [1.54, 1.807) is 27.7 Å².